The van der Waals surface area contributed by atoms with Gasteiger partial charge in [-0.25, -0.2) is 0 Å². The second kappa shape index (κ2) is 2.85. The van der Waals surface area contributed by atoms with Gasteiger partial charge < -0.3 is 0 Å². The average molecular weight is 156 g/mol. The fraction of sp³-hybridized carbons (Fsp3) is 1.00. The summed E-state index contributed by atoms with van der Waals surface area (Å²) in [5.41, 5.74) is 0. The second-order valence-corrected chi connectivity index (χ2v) is 2.59. The van der Waals surface area contributed by atoms with Gasteiger partial charge in [0.25, 0.3) is 0 Å². The zero-order chi connectivity index (χ0) is 5.98. The molecule has 5 heteroatoms. The number of halogens is 2. The zero-order valence-corrected chi connectivity index (χ0v) is 5.78. The molecule has 0 aromatic rings. The molecule has 0 atom stereocenters. The SMILES string of the molecule is ClN1CNCN(Cl)C1. The lowest BCUT2D eigenvalue weighted by molar-refractivity contribution is 0.216. The molecule has 1 heterocycles. The summed E-state index contributed by atoms with van der Waals surface area (Å²) >= 11 is 11.1. The first-order chi connectivity index (χ1) is 3.79. The van der Waals surface area contributed by atoms with E-state index < -0.39 is 0 Å². The van der Waals surface area contributed by atoms with Crippen LogP contribution in [0.15, 0.2) is 0 Å². The second-order valence-electron chi connectivity index (χ2n) is 1.63. The van der Waals surface area contributed by atoms with Crippen LogP contribution in [0.1, 0.15) is 0 Å². The highest BCUT2D eigenvalue weighted by molar-refractivity contribution is 6.15. The van der Waals surface area contributed by atoms with Gasteiger partial charge in [-0.05, 0) is 23.6 Å². The van der Waals surface area contributed by atoms with Gasteiger partial charge in [0.15, 0.2) is 0 Å². The minimum Gasteiger partial charge on any atom is -0.289 e. The van der Waals surface area contributed by atoms with Crippen LogP contribution in [-0.2, 0) is 0 Å². The summed E-state index contributed by atoms with van der Waals surface area (Å²) in [6.45, 7) is 2.01. The highest BCUT2D eigenvalue weighted by Crippen LogP contribution is 2.02. The number of hydrogen-bond acceptors (Lipinski definition) is 3. The third kappa shape index (κ3) is 1.76. The summed E-state index contributed by atoms with van der Waals surface area (Å²) in [7, 11) is 0. The molecule has 8 heavy (non-hydrogen) atoms. The van der Waals surface area contributed by atoms with Crippen molar-refractivity contribution in [2.24, 2.45) is 0 Å². The van der Waals surface area contributed by atoms with Crippen molar-refractivity contribution >= 4 is 23.6 Å². The van der Waals surface area contributed by atoms with Gasteiger partial charge in [-0.15, -0.1) is 0 Å². The Kier molecular flexibility index (Phi) is 2.34. The van der Waals surface area contributed by atoms with E-state index in [0.717, 1.165) is 0 Å². The molecule has 48 valence electrons. The summed E-state index contributed by atoms with van der Waals surface area (Å²) in [5, 5.41) is 2.97. The lowest BCUT2D eigenvalue weighted by atomic mass is 10.8. The van der Waals surface area contributed by atoms with E-state index in [1.807, 2.05) is 0 Å². The Morgan fingerprint density at radius 3 is 1.88 bits per heavy atom. The van der Waals surface area contributed by atoms with Gasteiger partial charge in [-0.2, -0.15) is 8.84 Å². The first-order valence-electron chi connectivity index (χ1n) is 2.31. The normalized spacial score (nSPS) is 26.2. The lowest BCUT2D eigenvalue weighted by Gasteiger charge is -2.26. The standard InChI is InChI=1S/C3H7Cl2N3/c4-7-1-6-2-8(5)3-7/h6H,1-3H2. The Balaban J connectivity index is 2.23. The quantitative estimate of drug-likeness (QED) is 0.511. The Bertz CT molecular complexity index is 70.9. The van der Waals surface area contributed by atoms with E-state index in [2.05, 4.69) is 5.32 Å². The summed E-state index contributed by atoms with van der Waals surface area (Å²) in [4.78, 5) is 0. The fourth-order valence-electron chi connectivity index (χ4n) is 0.559. The van der Waals surface area contributed by atoms with E-state index in [9.17, 15) is 0 Å². The molecule has 0 bridgehead atoms. The predicted octanol–water partition coefficient (Wildman–Crippen LogP) is 0.374. The smallest absolute Gasteiger partial charge is 0.0827 e. The van der Waals surface area contributed by atoms with Crippen molar-refractivity contribution in [2.75, 3.05) is 20.0 Å². The lowest BCUT2D eigenvalue weighted by Crippen LogP contribution is -2.44. The maximum Gasteiger partial charge on any atom is 0.0827 e. The van der Waals surface area contributed by atoms with Crippen molar-refractivity contribution in [1.82, 2.24) is 14.2 Å². The van der Waals surface area contributed by atoms with Crippen molar-refractivity contribution in [3.05, 3.63) is 0 Å². The maximum absolute atomic E-state index is 5.56. The molecule has 0 radical (unpaired) electrons. The van der Waals surface area contributed by atoms with Crippen molar-refractivity contribution in [3.63, 3.8) is 0 Å². The van der Waals surface area contributed by atoms with Gasteiger partial charge in [0.1, 0.15) is 0 Å². The van der Waals surface area contributed by atoms with Crippen LogP contribution in [0.5, 0.6) is 0 Å². The molecule has 1 saturated heterocycles. The first kappa shape index (κ1) is 6.58. The summed E-state index contributed by atoms with van der Waals surface area (Å²) in [6, 6.07) is 0. The van der Waals surface area contributed by atoms with E-state index in [1.54, 1.807) is 8.84 Å². The summed E-state index contributed by atoms with van der Waals surface area (Å²) in [6.07, 6.45) is 0. The minimum atomic E-state index is 0.607. The number of nitrogens with zero attached hydrogens (tertiary/aromatic N) is 2. The molecule has 0 aliphatic carbocycles. The van der Waals surface area contributed by atoms with Gasteiger partial charge in [0.05, 0.1) is 20.0 Å². The zero-order valence-electron chi connectivity index (χ0n) is 4.27. The van der Waals surface area contributed by atoms with Crippen LogP contribution in [0.3, 0.4) is 0 Å². The van der Waals surface area contributed by atoms with Crippen LogP contribution >= 0.6 is 23.6 Å². The molecular weight excluding hydrogens is 149 g/mol. The van der Waals surface area contributed by atoms with E-state index in [1.165, 1.54) is 0 Å². The fourth-order valence-corrected chi connectivity index (χ4v) is 1.04. The Labute approximate surface area is 58.4 Å². The molecule has 0 unspecified atom stereocenters. The van der Waals surface area contributed by atoms with Crippen molar-refractivity contribution in [1.29, 1.82) is 0 Å². The van der Waals surface area contributed by atoms with Crippen LogP contribution in [-0.4, -0.2) is 28.8 Å². The molecule has 0 aromatic heterocycles. The molecule has 0 spiro atoms. The van der Waals surface area contributed by atoms with Crippen molar-refractivity contribution in [3.8, 4) is 0 Å². The molecule has 1 aliphatic rings. The van der Waals surface area contributed by atoms with Crippen LogP contribution in [0.25, 0.3) is 0 Å². The maximum atomic E-state index is 5.56. The largest absolute Gasteiger partial charge is 0.289 e. The average Bonchev–Trinajstić information content (AvgIpc) is 1.64. The highest BCUT2D eigenvalue weighted by atomic mass is 35.5. The van der Waals surface area contributed by atoms with Crippen LogP contribution in [0.2, 0.25) is 0 Å². The molecule has 0 amide bonds. The van der Waals surface area contributed by atoms with Crippen LogP contribution in [0, 0.1) is 0 Å². The van der Waals surface area contributed by atoms with Gasteiger partial charge in [-0.1, -0.05) is 0 Å². The minimum absolute atomic E-state index is 0.607. The van der Waals surface area contributed by atoms with Crippen LogP contribution < -0.4 is 5.32 Å². The van der Waals surface area contributed by atoms with Gasteiger partial charge in [0, 0.05) is 0 Å². The monoisotopic (exact) mass is 155 g/mol. The Morgan fingerprint density at radius 2 is 1.62 bits per heavy atom. The predicted molar refractivity (Wildman–Crippen MR) is 33.1 cm³/mol. The molecular formula is C3H7Cl2N3. The van der Waals surface area contributed by atoms with Gasteiger partial charge in [-0.3, -0.25) is 5.32 Å². The molecule has 1 aliphatic heterocycles. The summed E-state index contributed by atoms with van der Waals surface area (Å²) in [5.74, 6) is 0. The third-order valence-corrected chi connectivity index (χ3v) is 1.33. The van der Waals surface area contributed by atoms with E-state index in [-0.39, 0.29) is 0 Å². The van der Waals surface area contributed by atoms with Crippen molar-refractivity contribution < 1.29 is 0 Å². The van der Waals surface area contributed by atoms with Crippen LogP contribution in [0.4, 0.5) is 0 Å². The number of hydrogen-bond donors (Lipinski definition) is 1. The van der Waals surface area contributed by atoms with Gasteiger partial charge in [0.2, 0.25) is 0 Å². The van der Waals surface area contributed by atoms with E-state index >= 15 is 0 Å². The highest BCUT2D eigenvalue weighted by Gasteiger charge is 2.11. The van der Waals surface area contributed by atoms with Gasteiger partial charge >= 0.3 is 0 Å². The molecule has 1 fully saturated rings. The summed E-state index contributed by atoms with van der Waals surface area (Å²) < 4.78 is 3.13. The van der Waals surface area contributed by atoms with E-state index in [4.69, 9.17) is 23.6 Å². The van der Waals surface area contributed by atoms with E-state index in [0.29, 0.717) is 20.0 Å². The molecule has 0 saturated carbocycles. The van der Waals surface area contributed by atoms with Crippen molar-refractivity contribution in [2.45, 2.75) is 0 Å². The first-order valence-corrected chi connectivity index (χ1v) is 2.99. The topological polar surface area (TPSA) is 18.5 Å². The molecule has 0 aromatic carbocycles. The Hall–Kier alpha value is 0.460. The number of rotatable bonds is 0. The number of nitrogens with one attached hydrogen (secondary N) is 1. The third-order valence-electron chi connectivity index (χ3n) is 0.874. The molecule has 1 N–H and O–H groups in total. The molecule has 1 rings (SSSR count). The molecule has 3 nitrogen and oxygen atoms in total. The Morgan fingerprint density at radius 1 is 1.12 bits per heavy atom.